The van der Waals surface area contributed by atoms with Crippen LogP contribution >= 0.6 is 0 Å². The number of phenols is 1. The van der Waals surface area contributed by atoms with Gasteiger partial charge in [-0.1, -0.05) is 23.8 Å². The van der Waals surface area contributed by atoms with Crippen molar-refractivity contribution in [1.82, 2.24) is 0 Å². The molecule has 3 N–H and O–H groups in total. The minimum absolute atomic E-state index is 0.0831. The van der Waals surface area contributed by atoms with Crippen LogP contribution in [0.5, 0.6) is 5.75 Å². The second-order valence-corrected chi connectivity index (χ2v) is 4.30. The number of hydrogen-bond acceptors (Lipinski definition) is 4. The zero-order valence-electron chi connectivity index (χ0n) is 10.8. The monoisotopic (exact) mass is 271 g/mol. The number of para-hydroxylation sites is 1. The Kier molecular flexibility index (Phi) is 3.65. The molecule has 0 heterocycles. The summed E-state index contributed by atoms with van der Waals surface area (Å²) in [5.41, 5.74) is 1.42. The summed E-state index contributed by atoms with van der Waals surface area (Å²) in [5, 5.41) is 31.3. The van der Waals surface area contributed by atoms with Crippen LogP contribution in [0.2, 0.25) is 0 Å². The molecule has 0 aromatic heterocycles. The molecule has 2 aromatic rings. The smallest absolute Gasteiger partial charge is 0.311 e. The molecule has 0 spiro atoms. The lowest BCUT2D eigenvalue weighted by Crippen LogP contribution is -2.12. The molecule has 0 aliphatic carbocycles. The van der Waals surface area contributed by atoms with Crippen molar-refractivity contribution in [3.8, 4) is 5.75 Å². The third-order valence-corrected chi connectivity index (χ3v) is 2.80. The summed E-state index contributed by atoms with van der Waals surface area (Å²) in [7, 11) is 0. The van der Waals surface area contributed by atoms with Crippen LogP contribution in [0.1, 0.15) is 11.1 Å². The quantitative estimate of drug-likeness (QED) is 0.346. The highest BCUT2D eigenvalue weighted by Crippen LogP contribution is 2.29. The van der Waals surface area contributed by atoms with Gasteiger partial charge in [0.25, 0.3) is 0 Å². The Hall–Kier alpha value is -2.89. The molecule has 6 heteroatoms. The van der Waals surface area contributed by atoms with E-state index in [-0.39, 0.29) is 11.4 Å². The molecule has 0 unspecified atom stereocenters. The lowest BCUT2D eigenvalue weighted by Gasteiger charge is -2.09. The van der Waals surface area contributed by atoms with Gasteiger partial charge in [0.15, 0.2) is 0 Å². The van der Waals surface area contributed by atoms with E-state index in [1.54, 1.807) is 12.1 Å². The van der Waals surface area contributed by atoms with Crippen molar-refractivity contribution in [3.05, 3.63) is 63.7 Å². The third-order valence-electron chi connectivity index (χ3n) is 2.80. The Morgan fingerprint density at radius 3 is 2.50 bits per heavy atom. The number of nitrogens with zero attached hydrogens (tertiary/aromatic N) is 1. The van der Waals surface area contributed by atoms with E-state index >= 15 is 0 Å². The molecule has 20 heavy (non-hydrogen) atoms. The van der Waals surface area contributed by atoms with Crippen LogP contribution < -0.4 is 5.32 Å². The van der Waals surface area contributed by atoms with Gasteiger partial charge in [-0.05, 0) is 25.1 Å². The summed E-state index contributed by atoms with van der Waals surface area (Å²) in [6.45, 7) is 1.95. The number of aryl methyl sites for hydroxylation is 1. The van der Waals surface area contributed by atoms with E-state index in [4.69, 9.17) is 5.41 Å². The number of phenolic OH excluding ortho intramolecular Hbond substituents is 1. The molecule has 0 radical (unpaired) electrons. The first-order valence-electron chi connectivity index (χ1n) is 5.88. The fourth-order valence-electron chi connectivity index (χ4n) is 1.73. The first-order chi connectivity index (χ1) is 9.49. The summed E-state index contributed by atoms with van der Waals surface area (Å²) in [5.74, 6) is -0.614. The predicted octanol–water partition coefficient (Wildman–Crippen LogP) is 3.05. The van der Waals surface area contributed by atoms with Gasteiger partial charge < -0.3 is 10.4 Å². The fourth-order valence-corrected chi connectivity index (χ4v) is 1.73. The molecule has 0 amide bonds. The first kappa shape index (κ1) is 13.5. The summed E-state index contributed by atoms with van der Waals surface area (Å²) in [4.78, 5) is 10.1. The maximum Gasteiger partial charge on any atom is 0.311 e. The third kappa shape index (κ3) is 2.74. The molecule has 0 atom stereocenters. The second-order valence-electron chi connectivity index (χ2n) is 4.30. The van der Waals surface area contributed by atoms with Gasteiger partial charge in [-0.3, -0.25) is 15.5 Å². The standard InChI is InChI=1S/C14H13N3O3/c1-9-5-7-10(8-6-9)16-14(15)11-3-2-4-12(13(11)18)17(19)20/h2-8,18H,1H3,(H2,15,16). The Morgan fingerprint density at radius 1 is 1.25 bits per heavy atom. The summed E-state index contributed by atoms with van der Waals surface area (Å²) in [6.07, 6.45) is 0. The van der Waals surface area contributed by atoms with E-state index in [9.17, 15) is 15.2 Å². The SMILES string of the molecule is Cc1ccc(NC(=N)c2cccc([N+](=O)[O-])c2O)cc1. The predicted molar refractivity (Wildman–Crippen MR) is 76.4 cm³/mol. The molecule has 0 fully saturated rings. The van der Waals surface area contributed by atoms with Crippen LogP contribution in [0.15, 0.2) is 42.5 Å². The molecule has 2 aromatic carbocycles. The van der Waals surface area contributed by atoms with Gasteiger partial charge in [0, 0.05) is 11.8 Å². The highest BCUT2D eigenvalue weighted by atomic mass is 16.6. The zero-order chi connectivity index (χ0) is 14.7. The molecular formula is C14H13N3O3. The summed E-state index contributed by atoms with van der Waals surface area (Å²) < 4.78 is 0. The van der Waals surface area contributed by atoms with Crippen LogP contribution in [0, 0.1) is 22.4 Å². The van der Waals surface area contributed by atoms with Gasteiger partial charge in [-0.15, -0.1) is 0 Å². The van der Waals surface area contributed by atoms with Crippen LogP contribution in [-0.2, 0) is 0 Å². The lowest BCUT2D eigenvalue weighted by atomic mass is 10.1. The zero-order valence-corrected chi connectivity index (χ0v) is 10.8. The largest absolute Gasteiger partial charge is 0.502 e. The van der Waals surface area contributed by atoms with Gasteiger partial charge in [0.1, 0.15) is 5.84 Å². The van der Waals surface area contributed by atoms with Crippen molar-refractivity contribution in [1.29, 1.82) is 5.41 Å². The van der Waals surface area contributed by atoms with Crippen LogP contribution in [-0.4, -0.2) is 15.9 Å². The molecule has 6 nitrogen and oxygen atoms in total. The van der Waals surface area contributed by atoms with E-state index < -0.39 is 16.4 Å². The summed E-state index contributed by atoms with van der Waals surface area (Å²) in [6, 6.07) is 11.4. The molecule has 0 saturated carbocycles. The van der Waals surface area contributed by atoms with E-state index in [1.807, 2.05) is 19.1 Å². The number of nitro benzene ring substituents is 1. The van der Waals surface area contributed by atoms with Crippen LogP contribution in [0.25, 0.3) is 0 Å². The fraction of sp³-hybridized carbons (Fsp3) is 0.0714. The number of anilines is 1. The van der Waals surface area contributed by atoms with Crippen molar-refractivity contribution in [3.63, 3.8) is 0 Å². The summed E-state index contributed by atoms with van der Waals surface area (Å²) >= 11 is 0. The van der Waals surface area contributed by atoms with Crippen LogP contribution in [0.3, 0.4) is 0 Å². The molecule has 0 aliphatic rings. The second kappa shape index (κ2) is 5.40. The number of aromatic hydroxyl groups is 1. The number of rotatable bonds is 3. The van der Waals surface area contributed by atoms with Crippen molar-refractivity contribution < 1.29 is 10.0 Å². The average molecular weight is 271 g/mol. The molecular weight excluding hydrogens is 258 g/mol. The molecule has 102 valence electrons. The van der Waals surface area contributed by atoms with Crippen LogP contribution in [0.4, 0.5) is 11.4 Å². The van der Waals surface area contributed by atoms with Gasteiger partial charge in [-0.25, -0.2) is 0 Å². The van der Waals surface area contributed by atoms with Crippen molar-refractivity contribution in [2.45, 2.75) is 6.92 Å². The topological polar surface area (TPSA) is 99.2 Å². The van der Waals surface area contributed by atoms with Crippen molar-refractivity contribution >= 4 is 17.2 Å². The maximum absolute atomic E-state index is 10.7. The lowest BCUT2D eigenvalue weighted by molar-refractivity contribution is -0.385. The first-order valence-corrected chi connectivity index (χ1v) is 5.88. The normalized spacial score (nSPS) is 10.1. The minimum Gasteiger partial charge on any atom is -0.502 e. The van der Waals surface area contributed by atoms with E-state index in [1.165, 1.54) is 18.2 Å². The Labute approximate surface area is 115 Å². The Morgan fingerprint density at radius 2 is 1.90 bits per heavy atom. The van der Waals surface area contributed by atoms with Crippen molar-refractivity contribution in [2.24, 2.45) is 0 Å². The van der Waals surface area contributed by atoms with Gasteiger partial charge in [0.05, 0.1) is 10.5 Å². The highest BCUT2D eigenvalue weighted by molar-refractivity contribution is 6.08. The maximum atomic E-state index is 10.7. The number of hydrogen-bond donors (Lipinski definition) is 3. The Balaban J connectivity index is 2.28. The molecule has 0 saturated heterocycles. The highest BCUT2D eigenvalue weighted by Gasteiger charge is 2.18. The van der Waals surface area contributed by atoms with Crippen molar-refractivity contribution in [2.75, 3.05) is 5.32 Å². The van der Waals surface area contributed by atoms with E-state index in [0.29, 0.717) is 5.69 Å². The number of nitro groups is 1. The molecule has 0 aliphatic heterocycles. The molecule has 2 rings (SSSR count). The number of amidine groups is 1. The number of nitrogens with one attached hydrogen (secondary N) is 2. The van der Waals surface area contributed by atoms with E-state index in [0.717, 1.165) is 5.56 Å². The van der Waals surface area contributed by atoms with E-state index in [2.05, 4.69) is 5.32 Å². The minimum atomic E-state index is -0.683. The van der Waals surface area contributed by atoms with Gasteiger partial charge in [0.2, 0.25) is 5.75 Å². The number of benzene rings is 2. The van der Waals surface area contributed by atoms with Gasteiger partial charge in [-0.2, -0.15) is 0 Å². The average Bonchev–Trinajstić information content (AvgIpc) is 2.41. The van der Waals surface area contributed by atoms with Gasteiger partial charge >= 0.3 is 5.69 Å². The Bertz CT molecular complexity index is 666. The molecule has 0 bridgehead atoms.